The van der Waals surface area contributed by atoms with Crippen molar-refractivity contribution >= 4 is 34.9 Å². The molecule has 2 heterocycles. The number of hydrogen-bond acceptors (Lipinski definition) is 7. The number of nitrogens with two attached hydrogens (primary N) is 1. The zero-order valence-electron chi connectivity index (χ0n) is 22.7. The van der Waals surface area contributed by atoms with E-state index in [9.17, 15) is 9.59 Å². The van der Waals surface area contributed by atoms with Crippen LogP contribution < -0.4 is 21.3 Å². The Morgan fingerprint density at radius 1 is 0.974 bits per heavy atom. The number of carbonyl (C=O) groups excluding carboxylic acids is 2. The van der Waals surface area contributed by atoms with Crippen LogP contribution in [0, 0.1) is 0 Å². The maximum absolute atomic E-state index is 12.4. The molecule has 0 bridgehead atoms. The molecule has 1 saturated carbocycles. The fourth-order valence-corrected chi connectivity index (χ4v) is 4.85. The molecule has 2 fully saturated rings. The summed E-state index contributed by atoms with van der Waals surface area (Å²) in [5.41, 5.74) is 9.10. The average Bonchev–Trinajstić information content (AvgIpc) is 3.69. The molecule has 2 amide bonds. The number of pyridine rings is 1. The lowest BCUT2D eigenvalue weighted by molar-refractivity contribution is 0.0240. The number of anilines is 4. The van der Waals surface area contributed by atoms with Crippen LogP contribution in [0.3, 0.4) is 0 Å². The smallest absolute Gasteiger partial charge is 0.410 e. The topological polar surface area (TPSA) is 113 Å². The third-order valence-corrected chi connectivity index (χ3v) is 7.03. The van der Waals surface area contributed by atoms with Gasteiger partial charge in [0.1, 0.15) is 11.4 Å². The van der Waals surface area contributed by atoms with E-state index < -0.39 is 11.5 Å². The fourth-order valence-electron chi connectivity index (χ4n) is 4.85. The van der Waals surface area contributed by atoms with E-state index in [0.29, 0.717) is 43.2 Å². The highest BCUT2D eigenvalue weighted by molar-refractivity contribution is 5.99. The first kappa shape index (κ1) is 26.3. The van der Waals surface area contributed by atoms with Gasteiger partial charge in [0, 0.05) is 49.8 Å². The number of benzene rings is 2. The van der Waals surface area contributed by atoms with Crippen LogP contribution in [0.1, 0.15) is 49.5 Å². The van der Waals surface area contributed by atoms with Gasteiger partial charge < -0.3 is 30.9 Å². The molecule has 1 saturated heterocycles. The van der Waals surface area contributed by atoms with Gasteiger partial charge in [0.25, 0.3) is 5.91 Å². The van der Waals surface area contributed by atoms with Gasteiger partial charge in [0.2, 0.25) is 0 Å². The molecule has 3 aromatic rings. The van der Waals surface area contributed by atoms with E-state index >= 15 is 0 Å². The molecule has 9 heteroatoms. The van der Waals surface area contributed by atoms with Crippen molar-refractivity contribution in [2.75, 3.05) is 41.7 Å². The zero-order chi connectivity index (χ0) is 27.6. The Hall–Kier alpha value is -4.27. The standard InChI is InChI=1S/C30H36N6O3/c1-29(2,3)39-28(38)36-16-14-35(15-17-36)23-11-7-10-22(18-23)33-26-19-25(24(20-32-26)27(31)37)34-30(12-13-30)21-8-5-4-6-9-21/h4-11,18-20H,12-17H2,1-3H3,(H2,31,37)(H2,32,33,34). The van der Waals surface area contributed by atoms with E-state index in [0.717, 1.165) is 24.2 Å². The molecule has 1 aliphatic carbocycles. The first-order valence-corrected chi connectivity index (χ1v) is 13.4. The number of amides is 2. The summed E-state index contributed by atoms with van der Waals surface area (Å²) in [6.45, 7) is 8.25. The number of nitrogens with one attached hydrogen (secondary N) is 2. The van der Waals surface area contributed by atoms with Gasteiger partial charge in [-0.15, -0.1) is 0 Å². The van der Waals surface area contributed by atoms with E-state index in [1.54, 1.807) is 4.90 Å². The SMILES string of the molecule is CC(C)(C)OC(=O)N1CCN(c2cccc(Nc3cc(NC4(c5ccccc5)CC4)c(C(N)=O)cn3)c2)CC1. The third-order valence-electron chi connectivity index (χ3n) is 7.03. The van der Waals surface area contributed by atoms with Gasteiger partial charge in [-0.05, 0) is 57.4 Å². The summed E-state index contributed by atoms with van der Waals surface area (Å²) in [5.74, 6) is 0.0891. The molecule has 204 valence electrons. The van der Waals surface area contributed by atoms with Crippen LogP contribution in [-0.4, -0.2) is 53.7 Å². The van der Waals surface area contributed by atoms with Crippen molar-refractivity contribution < 1.29 is 14.3 Å². The van der Waals surface area contributed by atoms with Crippen LogP contribution in [0.4, 0.5) is 27.7 Å². The van der Waals surface area contributed by atoms with Crippen LogP contribution in [0.2, 0.25) is 0 Å². The van der Waals surface area contributed by atoms with E-state index in [1.807, 2.05) is 57.2 Å². The molecule has 2 aliphatic rings. The van der Waals surface area contributed by atoms with Gasteiger partial charge in [-0.1, -0.05) is 36.4 Å². The second-order valence-electron chi connectivity index (χ2n) is 11.2. The minimum Gasteiger partial charge on any atom is -0.444 e. The van der Waals surface area contributed by atoms with Crippen LogP contribution in [0.15, 0.2) is 66.9 Å². The van der Waals surface area contributed by atoms with Gasteiger partial charge >= 0.3 is 6.09 Å². The van der Waals surface area contributed by atoms with Crippen molar-refractivity contribution in [1.29, 1.82) is 0 Å². The predicted octanol–water partition coefficient (Wildman–Crippen LogP) is 5.08. The third kappa shape index (κ3) is 6.25. The summed E-state index contributed by atoms with van der Waals surface area (Å²) < 4.78 is 5.51. The minimum absolute atomic E-state index is 0.203. The normalized spacial score (nSPS) is 16.4. The largest absolute Gasteiger partial charge is 0.444 e. The number of piperazine rings is 1. The molecule has 39 heavy (non-hydrogen) atoms. The molecule has 4 N–H and O–H groups in total. The highest BCUT2D eigenvalue weighted by Crippen LogP contribution is 2.48. The van der Waals surface area contributed by atoms with Crippen LogP contribution in [-0.2, 0) is 10.3 Å². The van der Waals surface area contributed by atoms with Gasteiger partial charge in [-0.2, -0.15) is 0 Å². The average molecular weight is 529 g/mol. The van der Waals surface area contributed by atoms with Crippen molar-refractivity contribution in [3.05, 3.63) is 78.0 Å². The summed E-state index contributed by atoms with van der Waals surface area (Å²) >= 11 is 0. The molecule has 0 unspecified atom stereocenters. The van der Waals surface area contributed by atoms with Crippen molar-refractivity contribution in [1.82, 2.24) is 9.88 Å². The Morgan fingerprint density at radius 3 is 2.33 bits per heavy atom. The lowest BCUT2D eigenvalue weighted by Crippen LogP contribution is -2.50. The summed E-state index contributed by atoms with van der Waals surface area (Å²) in [6, 6.07) is 20.2. The van der Waals surface area contributed by atoms with E-state index in [1.165, 1.54) is 11.8 Å². The number of hydrogen-bond donors (Lipinski definition) is 3. The Bertz CT molecular complexity index is 1340. The molecule has 0 atom stereocenters. The number of aromatic nitrogens is 1. The Morgan fingerprint density at radius 2 is 1.69 bits per heavy atom. The maximum atomic E-state index is 12.4. The molecular formula is C30H36N6O3. The molecule has 0 radical (unpaired) electrons. The van der Waals surface area contributed by atoms with Crippen molar-refractivity contribution in [3.8, 4) is 0 Å². The minimum atomic E-state index is -0.520. The quantitative estimate of drug-likeness (QED) is 0.392. The van der Waals surface area contributed by atoms with Crippen molar-refractivity contribution in [2.45, 2.75) is 44.8 Å². The zero-order valence-corrected chi connectivity index (χ0v) is 22.7. The second kappa shape index (κ2) is 10.5. The molecule has 1 aliphatic heterocycles. The Balaban J connectivity index is 1.28. The fraction of sp³-hybridized carbons (Fsp3) is 0.367. The first-order valence-electron chi connectivity index (χ1n) is 13.4. The molecule has 2 aromatic carbocycles. The molecule has 0 spiro atoms. The number of primary amides is 1. The van der Waals surface area contributed by atoms with Crippen molar-refractivity contribution in [3.63, 3.8) is 0 Å². The van der Waals surface area contributed by atoms with E-state index in [2.05, 4.69) is 44.8 Å². The van der Waals surface area contributed by atoms with Gasteiger partial charge in [-0.25, -0.2) is 9.78 Å². The summed E-state index contributed by atoms with van der Waals surface area (Å²) in [6.07, 6.45) is 3.20. The number of nitrogens with zero attached hydrogens (tertiary/aromatic N) is 3. The van der Waals surface area contributed by atoms with Gasteiger partial charge in [-0.3, -0.25) is 4.79 Å². The molecule has 1 aromatic heterocycles. The maximum Gasteiger partial charge on any atom is 0.410 e. The highest BCUT2D eigenvalue weighted by atomic mass is 16.6. The molecular weight excluding hydrogens is 492 g/mol. The number of ether oxygens (including phenoxy) is 1. The van der Waals surface area contributed by atoms with E-state index in [-0.39, 0.29) is 11.6 Å². The van der Waals surface area contributed by atoms with Crippen LogP contribution in [0.5, 0.6) is 0 Å². The first-order chi connectivity index (χ1) is 18.6. The Labute approximate surface area is 229 Å². The molecule has 5 rings (SSSR count). The Kier molecular flexibility index (Phi) is 7.08. The predicted molar refractivity (Wildman–Crippen MR) is 153 cm³/mol. The highest BCUT2D eigenvalue weighted by Gasteiger charge is 2.44. The number of carbonyl (C=O) groups is 2. The lowest BCUT2D eigenvalue weighted by Gasteiger charge is -2.36. The number of rotatable bonds is 7. The summed E-state index contributed by atoms with van der Waals surface area (Å²) in [4.78, 5) is 33.0. The summed E-state index contributed by atoms with van der Waals surface area (Å²) in [7, 11) is 0. The summed E-state index contributed by atoms with van der Waals surface area (Å²) in [5, 5.41) is 6.95. The van der Waals surface area contributed by atoms with Crippen LogP contribution >= 0.6 is 0 Å². The second-order valence-corrected chi connectivity index (χ2v) is 11.2. The monoisotopic (exact) mass is 528 g/mol. The van der Waals surface area contributed by atoms with E-state index in [4.69, 9.17) is 10.5 Å². The van der Waals surface area contributed by atoms with Crippen LogP contribution in [0.25, 0.3) is 0 Å². The lowest BCUT2D eigenvalue weighted by atomic mass is 10.0. The van der Waals surface area contributed by atoms with Gasteiger partial charge in [0.15, 0.2) is 0 Å². The van der Waals surface area contributed by atoms with Crippen molar-refractivity contribution in [2.24, 2.45) is 5.73 Å². The molecule has 9 nitrogen and oxygen atoms in total. The van der Waals surface area contributed by atoms with Gasteiger partial charge in [0.05, 0.1) is 16.8 Å².